The molecule has 0 aliphatic carbocycles. The van der Waals surface area contributed by atoms with Gasteiger partial charge in [0.1, 0.15) is 23.2 Å². The molecule has 110 valence electrons. The van der Waals surface area contributed by atoms with Crippen LogP contribution in [0.25, 0.3) is 0 Å². The summed E-state index contributed by atoms with van der Waals surface area (Å²) in [7, 11) is -3.12. The van der Waals surface area contributed by atoms with E-state index in [2.05, 4.69) is 4.36 Å². The zero-order valence-corrected chi connectivity index (χ0v) is 12.0. The molecule has 0 aliphatic rings. The first-order chi connectivity index (χ1) is 9.81. The Labute approximate surface area is 121 Å². The molecule has 3 N–H and O–H groups in total. The van der Waals surface area contributed by atoms with Crippen molar-refractivity contribution in [1.29, 1.82) is 5.41 Å². The monoisotopic (exact) mass is 309 g/mol. The lowest BCUT2D eigenvalue weighted by molar-refractivity contribution is 0.594. The topological polar surface area (TPSA) is 79.3 Å². The van der Waals surface area contributed by atoms with Crippen molar-refractivity contribution in [3.8, 4) is 0 Å². The third kappa shape index (κ3) is 3.25. The van der Waals surface area contributed by atoms with Crippen LogP contribution >= 0.6 is 0 Å². The van der Waals surface area contributed by atoms with Gasteiger partial charge in [-0.2, -0.15) is 4.36 Å². The number of nitrogen functional groups attached to an aromatic ring is 1. The van der Waals surface area contributed by atoms with Gasteiger partial charge >= 0.3 is 0 Å². The number of benzene rings is 2. The van der Waals surface area contributed by atoms with Crippen molar-refractivity contribution < 1.29 is 13.0 Å². The van der Waals surface area contributed by atoms with E-state index in [-0.39, 0.29) is 22.0 Å². The zero-order valence-electron chi connectivity index (χ0n) is 11.1. The van der Waals surface area contributed by atoms with E-state index in [4.69, 9.17) is 11.1 Å². The summed E-state index contributed by atoms with van der Waals surface area (Å²) in [4.78, 5) is -0.0833. The first-order valence-corrected chi connectivity index (χ1v) is 7.84. The number of hydrogen-bond donors (Lipinski definition) is 2. The van der Waals surface area contributed by atoms with Crippen LogP contribution in [0.5, 0.6) is 0 Å². The van der Waals surface area contributed by atoms with E-state index in [1.807, 2.05) is 0 Å². The normalized spacial score (nSPS) is 13.5. The van der Waals surface area contributed by atoms with Crippen LogP contribution in [-0.2, 0) is 9.73 Å². The van der Waals surface area contributed by atoms with Gasteiger partial charge in [0.2, 0.25) is 0 Å². The highest BCUT2D eigenvalue weighted by Gasteiger charge is 2.13. The van der Waals surface area contributed by atoms with Gasteiger partial charge in [0, 0.05) is 11.8 Å². The smallest absolute Gasteiger partial charge is 0.150 e. The molecule has 0 aliphatic heterocycles. The molecule has 1 atom stereocenters. The second-order valence-electron chi connectivity index (χ2n) is 4.40. The van der Waals surface area contributed by atoms with E-state index in [1.54, 1.807) is 0 Å². The van der Waals surface area contributed by atoms with E-state index < -0.39 is 21.4 Å². The van der Waals surface area contributed by atoms with Gasteiger partial charge in [0.05, 0.1) is 14.6 Å². The van der Waals surface area contributed by atoms with Gasteiger partial charge in [0.25, 0.3) is 0 Å². The van der Waals surface area contributed by atoms with Crippen molar-refractivity contribution in [2.75, 3.05) is 6.26 Å². The van der Waals surface area contributed by atoms with Crippen molar-refractivity contribution in [3.05, 3.63) is 59.7 Å². The molecular formula is C14H13F2N3OS. The molecule has 0 saturated carbocycles. The van der Waals surface area contributed by atoms with Crippen molar-refractivity contribution in [2.24, 2.45) is 10.1 Å². The first kappa shape index (κ1) is 15.1. The lowest BCUT2D eigenvalue weighted by atomic mass is 10.2. The maximum Gasteiger partial charge on any atom is 0.150 e. The number of nitrogens with one attached hydrogen (secondary N) is 1. The zero-order chi connectivity index (χ0) is 15.6. The highest BCUT2D eigenvalue weighted by Crippen LogP contribution is 2.24. The van der Waals surface area contributed by atoms with E-state index in [1.165, 1.54) is 42.7 Å². The molecule has 7 heteroatoms. The molecule has 0 heterocycles. The average molecular weight is 309 g/mol. The fourth-order valence-corrected chi connectivity index (χ4v) is 3.12. The fraction of sp³-hybridized carbons (Fsp3) is 0.0714. The highest BCUT2D eigenvalue weighted by molar-refractivity contribution is 7.93. The Kier molecular flexibility index (Phi) is 4.04. The van der Waals surface area contributed by atoms with Gasteiger partial charge in [-0.05, 0) is 30.3 Å². The number of hydrogen-bond acceptors (Lipinski definition) is 3. The summed E-state index contributed by atoms with van der Waals surface area (Å²) in [6.45, 7) is 0. The molecule has 1 unspecified atom stereocenters. The summed E-state index contributed by atoms with van der Waals surface area (Å²) < 4.78 is 43.9. The van der Waals surface area contributed by atoms with E-state index in [0.29, 0.717) is 0 Å². The maximum atomic E-state index is 13.9. The van der Waals surface area contributed by atoms with Crippen LogP contribution in [0.2, 0.25) is 0 Å². The molecule has 0 saturated heterocycles. The van der Waals surface area contributed by atoms with E-state index >= 15 is 0 Å². The molecule has 2 rings (SSSR count). The van der Waals surface area contributed by atoms with Crippen LogP contribution < -0.4 is 5.73 Å². The number of halogens is 2. The largest absolute Gasteiger partial charge is 0.384 e. The fourth-order valence-electron chi connectivity index (χ4n) is 1.74. The van der Waals surface area contributed by atoms with Crippen molar-refractivity contribution in [3.63, 3.8) is 0 Å². The minimum absolute atomic E-state index is 0.0833. The lowest BCUT2D eigenvalue weighted by Gasteiger charge is -2.07. The Bertz CT molecular complexity index is 827. The Hall–Kier alpha value is -2.28. The molecule has 0 amide bonds. The van der Waals surface area contributed by atoms with Crippen molar-refractivity contribution in [1.82, 2.24) is 0 Å². The Morgan fingerprint density at radius 3 is 2.43 bits per heavy atom. The van der Waals surface area contributed by atoms with Gasteiger partial charge in [-0.1, -0.05) is 12.1 Å². The molecule has 2 aromatic rings. The van der Waals surface area contributed by atoms with Gasteiger partial charge in [-0.15, -0.1) is 0 Å². The number of amidine groups is 1. The lowest BCUT2D eigenvalue weighted by Crippen LogP contribution is -2.11. The van der Waals surface area contributed by atoms with Gasteiger partial charge in [0.15, 0.2) is 0 Å². The van der Waals surface area contributed by atoms with Crippen LogP contribution in [0.15, 0.2) is 51.7 Å². The van der Waals surface area contributed by atoms with Crippen molar-refractivity contribution in [2.45, 2.75) is 4.90 Å². The van der Waals surface area contributed by atoms with Gasteiger partial charge in [-0.3, -0.25) is 5.41 Å². The van der Waals surface area contributed by atoms with Crippen LogP contribution in [0.3, 0.4) is 0 Å². The van der Waals surface area contributed by atoms with Crippen molar-refractivity contribution >= 4 is 21.3 Å². The van der Waals surface area contributed by atoms with Gasteiger partial charge < -0.3 is 5.73 Å². The van der Waals surface area contributed by atoms with Crippen LogP contribution in [0, 0.1) is 17.0 Å². The first-order valence-electron chi connectivity index (χ1n) is 5.92. The molecule has 0 radical (unpaired) electrons. The quantitative estimate of drug-likeness (QED) is 0.675. The Morgan fingerprint density at radius 1 is 1.19 bits per heavy atom. The molecule has 2 aromatic carbocycles. The minimum atomic E-state index is -3.12. The summed E-state index contributed by atoms with van der Waals surface area (Å²) >= 11 is 0. The van der Waals surface area contributed by atoms with Crippen LogP contribution in [0.4, 0.5) is 14.5 Å². The van der Waals surface area contributed by atoms with Crippen LogP contribution in [0.1, 0.15) is 5.56 Å². The Balaban J connectivity index is 2.55. The predicted molar refractivity (Wildman–Crippen MR) is 78.2 cm³/mol. The van der Waals surface area contributed by atoms with Crippen LogP contribution in [-0.4, -0.2) is 16.3 Å². The third-order valence-corrected chi connectivity index (χ3v) is 4.47. The summed E-state index contributed by atoms with van der Waals surface area (Å²) in [6, 6.07) is 9.20. The number of nitrogens with zero attached hydrogens (tertiary/aromatic N) is 1. The summed E-state index contributed by atoms with van der Waals surface area (Å²) in [6.07, 6.45) is 1.24. The summed E-state index contributed by atoms with van der Waals surface area (Å²) in [5.41, 5.74) is 5.27. The van der Waals surface area contributed by atoms with E-state index in [9.17, 15) is 13.0 Å². The Morgan fingerprint density at radius 2 is 1.86 bits per heavy atom. The standard InChI is InChI=1S/C14H13F2N3OS/c1-21(20,13-5-3-2-4-10(13)15)19-12-7-6-9(14(17)18)8-11(12)16/h2-8H,1H3,(H3,17,18). The molecule has 4 nitrogen and oxygen atoms in total. The number of nitrogens with two attached hydrogens (primary N) is 1. The number of rotatable bonds is 3. The van der Waals surface area contributed by atoms with Gasteiger partial charge in [-0.25, -0.2) is 13.0 Å². The van der Waals surface area contributed by atoms with E-state index in [0.717, 1.165) is 6.07 Å². The molecule has 0 bridgehead atoms. The highest BCUT2D eigenvalue weighted by atomic mass is 32.2. The average Bonchev–Trinajstić information content (AvgIpc) is 2.41. The molecule has 0 aromatic heterocycles. The molecule has 0 spiro atoms. The molecule has 21 heavy (non-hydrogen) atoms. The molecular weight excluding hydrogens is 296 g/mol. The predicted octanol–water partition coefficient (Wildman–Crippen LogP) is 3.04. The summed E-state index contributed by atoms with van der Waals surface area (Å²) in [5, 5.41) is 7.22. The summed E-state index contributed by atoms with van der Waals surface area (Å²) in [5.74, 6) is -1.71. The maximum absolute atomic E-state index is 13.9. The third-order valence-electron chi connectivity index (χ3n) is 2.78. The second-order valence-corrected chi connectivity index (χ2v) is 6.63. The SMILES string of the molecule is CS(=O)(=Nc1ccc(C(=N)N)cc1F)c1ccccc1F. The molecule has 0 fully saturated rings. The minimum Gasteiger partial charge on any atom is -0.384 e. The second kappa shape index (κ2) is 5.61.